The molecule has 0 spiro atoms. The topological polar surface area (TPSA) is 85.7 Å². The van der Waals surface area contributed by atoms with Crippen molar-refractivity contribution >= 4 is 29.1 Å². The summed E-state index contributed by atoms with van der Waals surface area (Å²) >= 11 is 5.93. The third-order valence-electron chi connectivity index (χ3n) is 5.78. The molecule has 1 N–H and O–H groups in total. The van der Waals surface area contributed by atoms with E-state index >= 15 is 0 Å². The van der Waals surface area contributed by atoms with Crippen molar-refractivity contribution in [3.05, 3.63) is 70.5 Å². The summed E-state index contributed by atoms with van der Waals surface area (Å²) in [4.78, 5) is 28.0. The van der Waals surface area contributed by atoms with Gasteiger partial charge in [0.1, 0.15) is 23.8 Å². The molecule has 2 heterocycles. The number of carbonyl (C=O) groups is 2. The minimum Gasteiger partial charge on any atom is -0.496 e. The summed E-state index contributed by atoms with van der Waals surface area (Å²) in [5.41, 5.74) is 1.88. The highest BCUT2D eigenvalue weighted by Crippen LogP contribution is 2.25. The van der Waals surface area contributed by atoms with Crippen LogP contribution in [0, 0.1) is 0 Å². The van der Waals surface area contributed by atoms with Crippen LogP contribution in [0.5, 0.6) is 11.5 Å². The van der Waals surface area contributed by atoms with Crippen LogP contribution in [0.4, 0.5) is 5.69 Å². The van der Waals surface area contributed by atoms with Crippen molar-refractivity contribution in [3.63, 3.8) is 0 Å². The van der Waals surface area contributed by atoms with Gasteiger partial charge in [0, 0.05) is 36.3 Å². The zero-order chi connectivity index (χ0) is 24.1. The summed E-state index contributed by atoms with van der Waals surface area (Å²) in [5.74, 6) is 0.781. The number of aromatic nitrogens is 2. The molecule has 1 aliphatic rings. The van der Waals surface area contributed by atoms with Crippen molar-refractivity contribution in [3.8, 4) is 11.5 Å². The van der Waals surface area contributed by atoms with Gasteiger partial charge in [-0.25, -0.2) is 0 Å². The summed E-state index contributed by atoms with van der Waals surface area (Å²) in [7, 11) is 3.27. The molecular formula is C25H27ClN4O4. The lowest BCUT2D eigenvalue weighted by atomic mass is 10.1. The second-order valence-electron chi connectivity index (χ2n) is 8.11. The number of halogens is 1. The van der Waals surface area contributed by atoms with Gasteiger partial charge in [-0.3, -0.25) is 14.3 Å². The molecular weight excluding hydrogens is 456 g/mol. The van der Waals surface area contributed by atoms with Gasteiger partial charge in [-0.2, -0.15) is 5.10 Å². The van der Waals surface area contributed by atoms with Gasteiger partial charge in [-0.15, -0.1) is 0 Å². The van der Waals surface area contributed by atoms with Crippen LogP contribution >= 0.6 is 11.6 Å². The van der Waals surface area contributed by atoms with E-state index < -0.39 is 0 Å². The van der Waals surface area contributed by atoms with E-state index in [1.165, 1.54) is 10.9 Å². The zero-order valence-corrected chi connectivity index (χ0v) is 20.0. The lowest BCUT2D eigenvalue weighted by molar-refractivity contribution is 0.0714. The fourth-order valence-electron chi connectivity index (χ4n) is 3.95. The first kappa shape index (κ1) is 23.6. The van der Waals surface area contributed by atoms with E-state index in [9.17, 15) is 9.59 Å². The summed E-state index contributed by atoms with van der Waals surface area (Å²) in [6, 6.07) is 12.1. The third kappa shape index (κ3) is 5.34. The van der Waals surface area contributed by atoms with Crippen LogP contribution in [0.2, 0.25) is 5.02 Å². The maximum absolute atomic E-state index is 13.1. The molecule has 0 unspecified atom stereocenters. The molecule has 1 aliphatic heterocycles. The molecule has 1 saturated heterocycles. The lowest BCUT2D eigenvalue weighted by Crippen LogP contribution is -2.37. The molecule has 0 radical (unpaired) electrons. The molecule has 1 aromatic heterocycles. The van der Waals surface area contributed by atoms with E-state index in [2.05, 4.69) is 10.4 Å². The van der Waals surface area contributed by atoms with Crippen LogP contribution in [0.25, 0.3) is 0 Å². The molecule has 4 rings (SSSR count). The highest BCUT2D eigenvalue weighted by atomic mass is 35.5. The number of anilines is 1. The Labute approximate surface area is 203 Å². The number of piperidine rings is 1. The standard InChI is InChI=1S/C25H27ClN4O4/c1-29-23(25(32)30-12-4-3-5-13-30)21(15-27-29)28-24(31)17-6-11-22(33-2)18(14-17)16-34-20-9-7-19(26)8-10-20/h6-11,14-15H,3-5,12-13,16H2,1-2H3,(H,28,31). The Morgan fingerprint density at radius 3 is 2.53 bits per heavy atom. The first-order valence-electron chi connectivity index (χ1n) is 11.1. The fraction of sp³-hybridized carbons (Fsp3) is 0.320. The normalized spacial score (nSPS) is 13.4. The van der Waals surface area contributed by atoms with E-state index in [1.807, 2.05) is 4.90 Å². The number of rotatable bonds is 7. The van der Waals surface area contributed by atoms with Crippen molar-refractivity contribution in [2.45, 2.75) is 25.9 Å². The maximum atomic E-state index is 13.1. The largest absolute Gasteiger partial charge is 0.496 e. The number of hydrogen-bond donors (Lipinski definition) is 1. The number of carbonyl (C=O) groups excluding carboxylic acids is 2. The summed E-state index contributed by atoms with van der Waals surface area (Å²) in [6.45, 7) is 1.64. The van der Waals surface area contributed by atoms with Gasteiger partial charge in [-0.1, -0.05) is 11.6 Å². The third-order valence-corrected chi connectivity index (χ3v) is 6.04. The average molecular weight is 483 g/mol. The number of hydrogen-bond acceptors (Lipinski definition) is 5. The molecule has 3 aromatic rings. The average Bonchev–Trinajstić information content (AvgIpc) is 3.23. The van der Waals surface area contributed by atoms with Crippen LogP contribution < -0.4 is 14.8 Å². The molecule has 0 aliphatic carbocycles. The molecule has 0 saturated carbocycles. The number of benzene rings is 2. The van der Waals surface area contributed by atoms with Crippen molar-refractivity contribution < 1.29 is 19.1 Å². The SMILES string of the molecule is COc1ccc(C(=O)Nc2cnn(C)c2C(=O)N2CCCCC2)cc1COc1ccc(Cl)cc1. The van der Waals surface area contributed by atoms with Crippen molar-refractivity contribution in [2.75, 3.05) is 25.5 Å². The minimum absolute atomic E-state index is 0.123. The lowest BCUT2D eigenvalue weighted by Gasteiger charge is -2.27. The summed E-state index contributed by atoms with van der Waals surface area (Å²) < 4.78 is 12.8. The highest BCUT2D eigenvalue weighted by molar-refractivity contribution is 6.30. The highest BCUT2D eigenvalue weighted by Gasteiger charge is 2.25. The molecule has 178 valence electrons. The first-order chi connectivity index (χ1) is 16.5. The van der Waals surface area contributed by atoms with Gasteiger partial charge in [0.2, 0.25) is 0 Å². The van der Waals surface area contributed by atoms with Crippen molar-refractivity contribution in [1.82, 2.24) is 14.7 Å². The van der Waals surface area contributed by atoms with Gasteiger partial charge in [0.05, 0.1) is 19.0 Å². The van der Waals surface area contributed by atoms with Gasteiger partial charge in [-0.05, 0) is 61.7 Å². The molecule has 0 bridgehead atoms. The number of amides is 2. The van der Waals surface area contributed by atoms with Crippen LogP contribution in [-0.4, -0.2) is 46.7 Å². The quantitative estimate of drug-likeness (QED) is 0.534. The Morgan fingerprint density at radius 2 is 1.82 bits per heavy atom. The zero-order valence-electron chi connectivity index (χ0n) is 19.2. The molecule has 0 atom stereocenters. The maximum Gasteiger partial charge on any atom is 0.274 e. The van der Waals surface area contributed by atoms with Crippen LogP contribution in [0.1, 0.15) is 45.7 Å². The van der Waals surface area contributed by atoms with E-state index in [-0.39, 0.29) is 18.4 Å². The van der Waals surface area contributed by atoms with Crippen LogP contribution in [-0.2, 0) is 13.7 Å². The Bertz CT molecular complexity index is 1170. The number of ether oxygens (including phenoxy) is 2. The molecule has 1 fully saturated rings. The number of aryl methyl sites for hydroxylation is 1. The van der Waals surface area contributed by atoms with E-state index in [4.69, 9.17) is 21.1 Å². The van der Waals surface area contributed by atoms with Crippen LogP contribution in [0.15, 0.2) is 48.7 Å². The predicted octanol–water partition coefficient (Wildman–Crippen LogP) is 4.54. The molecule has 2 aromatic carbocycles. The minimum atomic E-state index is -0.351. The van der Waals surface area contributed by atoms with Crippen LogP contribution in [0.3, 0.4) is 0 Å². The van der Waals surface area contributed by atoms with Gasteiger partial charge in [0.15, 0.2) is 0 Å². The smallest absolute Gasteiger partial charge is 0.274 e. The number of nitrogens with one attached hydrogen (secondary N) is 1. The Morgan fingerprint density at radius 1 is 1.09 bits per heavy atom. The second-order valence-corrected chi connectivity index (χ2v) is 8.54. The predicted molar refractivity (Wildman–Crippen MR) is 130 cm³/mol. The molecule has 8 nitrogen and oxygen atoms in total. The Balaban J connectivity index is 1.50. The Hall–Kier alpha value is -3.52. The van der Waals surface area contributed by atoms with E-state index in [0.717, 1.165) is 19.3 Å². The summed E-state index contributed by atoms with van der Waals surface area (Å²) in [5, 5.41) is 7.67. The van der Waals surface area contributed by atoms with Crippen molar-refractivity contribution in [1.29, 1.82) is 0 Å². The molecule has 9 heteroatoms. The van der Waals surface area contributed by atoms with Gasteiger partial charge in [0.25, 0.3) is 11.8 Å². The van der Waals surface area contributed by atoms with Crippen molar-refractivity contribution in [2.24, 2.45) is 7.05 Å². The number of nitrogens with zero attached hydrogens (tertiary/aromatic N) is 3. The molecule has 2 amide bonds. The number of methoxy groups -OCH3 is 1. The molecule has 34 heavy (non-hydrogen) atoms. The Kier molecular flexibility index (Phi) is 7.37. The first-order valence-corrected chi connectivity index (χ1v) is 11.5. The second kappa shape index (κ2) is 10.6. The van der Waals surface area contributed by atoms with E-state index in [0.29, 0.717) is 52.1 Å². The monoisotopic (exact) mass is 482 g/mol. The van der Waals surface area contributed by atoms with E-state index in [1.54, 1.807) is 56.6 Å². The number of likely N-dealkylation sites (tertiary alicyclic amines) is 1. The summed E-state index contributed by atoms with van der Waals surface area (Å²) in [6.07, 6.45) is 4.60. The van der Waals surface area contributed by atoms with Gasteiger partial charge >= 0.3 is 0 Å². The van der Waals surface area contributed by atoms with Gasteiger partial charge < -0.3 is 19.7 Å². The fourth-order valence-corrected chi connectivity index (χ4v) is 4.07.